The van der Waals surface area contributed by atoms with Gasteiger partial charge in [-0.15, -0.1) is 0 Å². The van der Waals surface area contributed by atoms with Gasteiger partial charge >= 0.3 is 6.18 Å². The molecule has 2 aromatic heterocycles. The van der Waals surface area contributed by atoms with Gasteiger partial charge in [0, 0.05) is 17.5 Å². The molecule has 23 heavy (non-hydrogen) atoms. The van der Waals surface area contributed by atoms with Gasteiger partial charge in [-0.1, -0.05) is 12.1 Å². The quantitative estimate of drug-likeness (QED) is 0.571. The smallest absolute Gasteiger partial charge is 0.273 e. The van der Waals surface area contributed by atoms with E-state index in [1.165, 1.54) is 12.1 Å². The molecule has 0 spiro atoms. The van der Waals surface area contributed by atoms with E-state index in [1.807, 2.05) is 0 Å². The molecule has 1 aromatic carbocycles. The van der Waals surface area contributed by atoms with E-state index in [9.17, 15) is 13.2 Å². The summed E-state index contributed by atoms with van der Waals surface area (Å²) in [5.41, 5.74) is 1.19. The maximum Gasteiger partial charge on any atom is 0.416 e. The minimum absolute atomic E-state index is 0.426. The second-order valence-electron chi connectivity index (χ2n) is 4.87. The van der Waals surface area contributed by atoms with Gasteiger partial charge in [0.1, 0.15) is 10.0 Å². The van der Waals surface area contributed by atoms with E-state index < -0.39 is 11.7 Å². The van der Waals surface area contributed by atoms with Gasteiger partial charge in [-0.25, -0.2) is 15.0 Å². The molecule has 0 unspecified atom stereocenters. The Kier molecular flexibility index (Phi) is 4.09. The first kappa shape index (κ1) is 15.9. The van der Waals surface area contributed by atoms with Crippen LogP contribution in [0.15, 0.2) is 42.9 Å². The summed E-state index contributed by atoms with van der Waals surface area (Å²) >= 11 is 2.07. The highest BCUT2D eigenvalue weighted by atomic mass is 127. The second-order valence-corrected chi connectivity index (χ2v) is 5.98. The van der Waals surface area contributed by atoms with Crippen LogP contribution in [0, 0.1) is 10.6 Å². The van der Waals surface area contributed by atoms with Crippen LogP contribution in [0.3, 0.4) is 0 Å². The van der Waals surface area contributed by atoms with Gasteiger partial charge in [0.2, 0.25) is 5.95 Å². The van der Waals surface area contributed by atoms with Gasteiger partial charge in [-0.3, -0.25) is 4.57 Å². The average molecular weight is 430 g/mol. The molecular formula is C15H10F3IN4. The molecule has 118 valence electrons. The van der Waals surface area contributed by atoms with Gasteiger partial charge in [0.05, 0.1) is 11.3 Å². The molecule has 0 aliphatic carbocycles. The number of halogens is 4. The first-order valence-electron chi connectivity index (χ1n) is 6.56. The van der Waals surface area contributed by atoms with Crippen LogP contribution in [0.5, 0.6) is 0 Å². The van der Waals surface area contributed by atoms with E-state index >= 15 is 0 Å². The Hall–Kier alpha value is -1.97. The summed E-state index contributed by atoms with van der Waals surface area (Å²) in [5.74, 6) is 0.426. The number of aromatic nitrogens is 4. The number of alkyl halides is 3. The van der Waals surface area contributed by atoms with Gasteiger partial charge in [-0.05, 0) is 47.7 Å². The molecule has 0 aliphatic rings. The first-order chi connectivity index (χ1) is 10.8. The molecule has 0 amide bonds. The summed E-state index contributed by atoms with van der Waals surface area (Å²) < 4.78 is 40.4. The topological polar surface area (TPSA) is 43.6 Å². The molecule has 0 N–H and O–H groups in total. The number of aryl methyl sites for hydroxylation is 1. The summed E-state index contributed by atoms with van der Waals surface area (Å²) in [7, 11) is 0. The fraction of sp³-hybridized carbons (Fsp3) is 0.133. The highest BCUT2D eigenvalue weighted by Gasteiger charge is 2.30. The summed E-state index contributed by atoms with van der Waals surface area (Å²) in [5, 5.41) is 0. The lowest BCUT2D eigenvalue weighted by molar-refractivity contribution is -0.137. The molecule has 0 aliphatic heterocycles. The van der Waals surface area contributed by atoms with Crippen molar-refractivity contribution in [1.82, 2.24) is 19.5 Å². The zero-order chi connectivity index (χ0) is 16.6. The molecular weight excluding hydrogens is 420 g/mol. The second kappa shape index (κ2) is 5.91. The van der Waals surface area contributed by atoms with Crippen molar-refractivity contribution in [3.8, 4) is 17.2 Å². The van der Waals surface area contributed by atoms with Crippen molar-refractivity contribution >= 4 is 22.6 Å². The third-order valence-electron chi connectivity index (χ3n) is 3.13. The molecule has 2 heterocycles. The third kappa shape index (κ3) is 3.52. The van der Waals surface area contributed by atoms with E-state index in [2.05, 4.69) is 37.5 Å². The Bertz CT molecular complexity index is 841. The fourth-order valence-corrected chi connectivity index (χ4v) is 2.48. The molecule has 0 saturated heterocycles. The summed E-state index contributed by atoms with van der Waals surface area (Å²) in [6.45, 7) is 1.81. The number of hydrogen-bond donors (Lipinski definition) is 0. The highest BCUT2D eigenvalue weighted by molar-refractivity contribution is 14.1. The number of hydrogen-bond acceptors (Lipinski definition) is 3. The number of imidazole rings is 1. The van der Waals surface area contributed by atoms with Crippen molar-refractivity contribution in [2.24, 2.45) is 0 Å². The molecule has 0 saturated carbocycles. The monoisotopic (exact) mass is 430 g/mol. The van der Waals surface area contributed by atoms with Gasteiger partial charge < -0.3 is 0 Å². The minimum atomic E-state index is -4.35. The largest absolute Gasteiger partial charge is 0.416 e. The Morgan fingerprint density at radius 2 is 1.78 bits per heavy atom. The lowest BCUT2D eigenvalue weighted by Gasteiger charge is -2.09. The zero-order valence-electron chi connectivity index (χ0n) is 11.8. The molecule has 3 aromatic rings. The lowest BCUT2D eigenvalue weighted by Crippen LogP contribution is -2.05. The van der Waals surface area contributed by atoms with Crippen LogP contribution in [0.2, 0.25) is 0 Å². The van der Waals surface area contributed by atoms with Crippen LogP contribution in [-0.2, 0) is 6.18 Å². The first-order valence-corrected chi connectivity index (χ1v) is 7.64. The van der Waals surface area contributed by atoms with E-state index in [0.29, 0.717) is 22.9 Å². The predicted molar refractivity (Wildman–Crippen MR) is 87.0 cm³/mol. The lowest BCUT2D eigenvalue weighted by atomic mass is 10.1. The minimum Gasteiger partial charge on any atom is -0.273 e. The molecule has 3 rings (SSSR count). The van der Waals surface area contributed by atoms with Crippen molar-refractivity contribution in [1.29, 1.82) is 0 Å². The van der Waals surface area contributed by atoms with Crippen molar-refractivity contribution in [3.05, 3.63) is 57.8 Å². The van der Waals surface area contributed by atoms with Crippen molar-refractivity contribution in [2.75, 3.05) is 0 Å². The normalized spacial score (nSPS) is 11.7. The number of nitrogens with zero attached hydrogens (tertiary/aromatic N) is 4. The van der Waals surface area contributed by atoms with Crippen LogP contribution in [-0.4, -0.2) is 19.5 Å². The average Bonchev–Trinajstić information content (AvgIpc) is 2.92. The van der Waals surface area contributed by atoms with Crippen LogP contribution in [0.4, 0.5) is 13.2 Å². The van der Waals surface area contributed by atoms with Crippen LogP contribution < -0.4 is 0 Å². The number of benzene rings is 1. The Morgan fingerprint density at radius 3 is 2.35 bits per heavy atom. The Morgan fingerprint density at radius 1 is 1.09 bits per heavy atom. The highest BCUT2D eigenvalue weighted by Crippen LogP contribution is 2.30. The molecule has 4 nitrogen and oxygen atoms in total. The molecule has 0 atom stereocenters. The summed E-state index contributed by atoms with van der Waals surface area (Å²) in [4.78, 5) is 12.8. The third-order valence-corrected chi connectivity index (χ3v) is 3.69. The van der Waals surface area contributed by atoms with Crippen molar-refractivity contribution < 1.29 is 13.2 Å². The molecule has 8 heteroatoms. The number of rotatable bonds is 2. The van der Waals surface area contributed by atoms with E-state index in [1.54, 1.807) is 30.1 Å². The molecule has 0 bridgehead atoms. The van der Waals surface area contributed by atoms with Gasteiger partial charge in [0.15, 0.2) is 0 Å². The fourth-order valence-electron chi connectivity index (χ4n) is 2.05. The Balaban J connectivity index is 2.01. The van der Waals surface area contributed by atoms with Gasteiger partial charge in [-0.2, -0.15) is 13.2 Å². The standard InChI is InChI=1S/C15H10F3IN4/c1-9-6-12(10-2-4-11(5-3-10)15(16,17)18)22-14(21-9)23-7-13(19)20-8-23/h2-8H,1H3. The summed E-state index contributed by atoms with van der Waals surface area (Å²) in [6.07, 6.45) is -0.988. The van der Waals surface area contributed by atoms with Crippen molar-refractivity contribution in [2.45, 2.75) is 13.1 Å². The predicted octanol–water partition coefficient (Wildman–Crippen LogP) is 4.26. The molecule has 0 fully saturated rings. The van der Waals surface area contributed by atoms with Crippen molar-refractivity contribution in [3.63, 3.8) is 0 Å². The summed E-state index contributed by atoms with van der Waals surface area (Å²) in [6, 6.07) is 6.64. The van der Waals surface area contributed by atoms with E-state index in [0.717, 1.165) is 15.8 Å². The Labute approximate surface area is 143 Å². The van der Waals surface area contributed by atoms with Gasteiger partial charge in [0.25, 0.3) is 0 Å². The maximum absolute atomic E-state index is 12.6. The SMILES string of the molecule is Cc1cc(-c2ccc(C(F)(F)F)cc2)nc(-n2cnc(I)c2)n1. The van der Waals surface area contributed by atoms with Crippen LogP contribution >= 0.6 is 22.6 Å². The maximum atomic E-state index is 12.6. The van der Waals surface area contributed by atoms with E-state index in [-0.39, 0.29) is 0 Å². The zero-order valence-corrected chi connectivity index (χ0v) is 14.0. The molecule has 0 radical (unpaired) electrons. The van der Waals surface area contributed by atoms with Crippen LogP contribution in [0.25, 0.3) is 17.2 Å². The van der Waals surface area contributed by atoms with Crippen LogP contribution in [0.1, 0.15) is 11.3 Å². The van der Waals surface area contributed by atoms with E-state index in [4.69, 9.17) is 0 Å².